The number of aromatic nitrogens is 3. The molecule has 5 nitrogen and oxygen atoms in total. The van der Waals surface area contributed by atoms with Gasteiger partial charge in [0.15, 0.2) is 0 Å². The van der Waals surface area contributed by atoms with Gasteiger partial charge in [-0.3, -0.25) is 9.20 Å². The Balaban J connectivity index is 1.25. The second-order valence-electron chi connectivity index (χ2n) is 6.80. The molecule has 4 rings (SSSR count). The Morgan fingerprint density at radius 2 is 2.32 bits per heavy atom. The standard InChI is InChI=1S/C17H22N4O/c22-16(10-14-9-12-2-3-13(14)8-12)18-6-4-15-11-21-7-1-5-19-17(21)20-15/h1,5,7,11-14H,2-4,6,8-10H2,(H,18,22). The van der Waals surface area contributed by atoms with Crippen molar-refractivity contribution in [1.82, 2.24) is 19.7 Å². The Bertz CT molecular complexity index is 647. The van der Waals surface area contributed by atoms with Crippen LogP contribution in [0.25, 0.3) is 5.78 Å². The van der Waals surface area contributed by atoms with Crippen LogP contribution in [-0.2, 0) is 11.2 Å². The van der Waals surface area contributed by atoms with E-state index in [1.165, 1.54) is 25.7 Å². The second kappa shape index (κ2) is 5.71. The molecule has 1 N–H and O–H groups in total. The first kappa shape index (κ1) is 13.7. The minimum absolute atomic E-state index is 0.208. The number of imidazole rings is 1. The molecule has 0 spiro atoms. The van der Waals surface area contributed by atoms with Gasteiger partial charge in [0.25, 0.3) is 0 Å². The van der Waals surface area contributed by atoms with E-state index >= 15 is 0 Å². The van der Waals surface area contributed by atoms with Crippen molar-refractivity contribution in [2.45, 2.75) is 38.5 Å². The van der Waals surface area contributed by atoms with Crippen LogP contribution in [0.3, 0.4) is 0 Å². The molecule has 0 saturated heterocycles. The van der Waals surface area contributed by atoms with Gasteiger partial charge in [-0.1, -0.05) is 6.42 Å². The highest BCUT2D eigenvalue weighted by molar-refractivity contribution is 5.76. The third-order valence-electron chi connectivity index (χ3n) is 5.32. The SMILES string of the molecule is O=C(CC1CC2CCC1C2)NCCc1cn2cccnc2n1. The average Bonchev–Trinajstić information content (AvgIpc) is 3.21. The molecule has 22 heavy (non-hydrogen) atoms. The van der Waals surface area contributed by atoms with Crippen molar-refractivity contribution in [3.8, 4) is 0 Å². The number of carbonyl (C=O) groups excluding carboxylic acids is 1. The van der Waals surface area contributed by atoms with E-state index < -0.39 is 0 Å². The van der Waals surface area contributed by atoms with Gasteiger partial charge in [0.2, 0.25) is 11.7 Å². The van der Waals surface area contributed by atoms with Crippen molar-refractivity contribution >= 4 is 11.7 Å². The molecule has 2 aliphatic rings. The van der Waals surface area contributed by atoms with Crippen molar-refractivity contribution in [1.29, 1.82) is 0 Å². The van der Waals surface area contributed by atoms with Gasteiger partial charge in [0.05, 0.1) is 5.69 Å². The third-order valence-corrected chi connectivity index (χ3v) is 5.32. The zero-order valence-electron chi connectivity index (χ0n) is 12.7. The van der Waals surface area contributed by atoms with Crippen LogP contribution in [0, 0.1) is 17.8 Å². The predicted octanol–water partition coefficient (Wildman–Crippen LogP) is 2.21. The molecule has 0 aromatic carbocycles. The smallest absolute Gasteiger partial charge is 0.233 e. The summed E-state index contributed by atoms with van der Waals surface area (Å²) in [6, 6.07) is 1.88. The van der Waals surface area contributed by atoms with Gasteiger partial charge in [0, 0.05) is 38.0 Å². The lowest BCUT2D eigenvalue weighted by Gasteiger charge is -2.20. The monoisotopic (exact) mass is 298 g/mol. The summed E-state index contributed by atoms with van der Waals surface area (Å²) < 4.78 is 1.91. The largest absolute Gasteiger partial charge is 0.356 e. The first-order valence-electron chi connectivity index (χ1n) is 8.33. The van der Waals surface area contributed by atoms with E-state index in [0.29, 0.717) is 24.7 Å². The summed E-state index contributed by atoms with van der Waals surface area (Å²) >= 11 is 0. The van der Waals surface area contributed by atoms with Crippen LogP contribution in [-0.4, -0.2) is 26.8 Å². The van der Waals surface area contributed by atoms with Gasteiger partial charge >= 0.3 is 0 Å². The number of nitrogens with one attached hydrogen (secondary N) is 1. The molecule has 3 unspecified atom stereocenters. The van der Waals surface area contributed by atoms with Gasteiger partial charge in [-0.05, 0) is 43.1 Å². The molecule has 0 radical (unpaired) electrons. The lowest BCUT2D eigenvalue weighted by atomic mass is 9.86. The molecule has 1 amide bonds. The highest BCUT2D eigenvalue weighted by Gasteiger charge is 2.39. The Hall–Kier alpha value is -1.91. The van der Waals surface area contributed by atoms with E-state index in [0.717, 1.165) is 24.0 Å². The maximum absolute atomic E-state index is 12.1. The summed E-state index contributed by atoms with van der Waals surface area (Å²) in [6.07, 6.45) is 12.5. The second-order valence-corrected chi connectivity index (χ2v) is 6.80. The maximum Gasteiger partial charge on any atom is 0.233 e. The van der Waals surface area contributed by atoms with Gasteiger partial charge in [-0.2, -0.15) is 0 Å². The van der Waals surface area contributed by atoms with E-state index in [4.69, 9.17) is 0 Å². The summed E-state index contributed by atoms with van der Waals surface area (Å²) in [6.45, 7) is 0.656. The van der Waals surface area contributed by atoms with Gasteiger partial charge in [-0.25, -0.2) is 9.97 Å². The molecule has 2 aromatic rings. The fraction of sp³-hybridized carbons (Fsp3) is 0.588. The summed E-state index contributed by atoms with van der Waals surface area (Å²) in [4.78, 5) is 20.7. The molecule has 0 aliphatic heterocycles. The van der Waals surface area contributed by atoms with Crippen LogP contribution < -0.4 is 5.32 Å². The van der Waals surface area contributed by atoms with E-state index in [-0.39, 0.29) is 5.91 Å². The fourth-order valence-electron chi connectivity index (χ4n) is 4.27. The van der Waals surface area contributed by atoms with Gasteiger partial charge in [-0.15, -0.1) is 0 Å². The number of fused-ring (bicyclic) bond motifs is 3. The van der Waals surface area contributed by atoms with Gasteiger partial charge in [0.1, 0.15) is 0 Å². The van der Waals surface area contributed by atoms with Gasteiger partial charge < -0.3 is 5.32 Å². The predicted molar refractivity (Wildman–Crippen MR) is 83.3 cm³/mol. The zero-order chi connectivity index (χ0) is 14.9. The van der Waals surface area contributed by atoms with E-state index in [9.17, 15) is 4.79 Å². The van der Waals surface area contributed by atoms with Crippen molar-refractivity contribution < 1.29 is 4.79 Å². The molecule has 2 aliphatic carbocycles. The Morgan fingerprint density at radius 3 is 3.09 bits per heavy atom. The van der Waals surface area contributed by atoms with Crippen molar-refractivity contribution in [2.75, 3.05) is 6.54 Å². The molecule has 5 heteroatoms. The first-order valence-corrected chi connectivity index (χ1v) is 8.33. The fourth-order valence-corrected chi connectivity index (χ4v) is 4.27. The number of hydrogen-bond donors (Lipinski definition) is 1. The molecular weight excluding hydrogens is 276 g/mol. The molecule has 2 heterocycles. The molecular formula is C17H22N4O. The van der Waals surface area contributed by atoms with Crippen LogP contribution in [0.2, 0.25) is 0 Å². The van der Waals surface area contributed by atoms with Crippen LogP contribution in [0.1, 0.15) is 37.8 Å². The Morgan fingerprint density at radius 1 is 1.36 bits per heavy atom. The Kier molecular flexibility index (Phi) is 3.56. The van der Waals surface area contributed by atoms with E-state index in [1.807, 2.05) is 22.9 Å². The van der Waals surface area contributed by atoms with Crippen LogP contribution in [0.15, 0.2) is 24.7 Å². The number of amides is 1. The van der Waals surface area contributed by atoms with Crippen LogP contribution in [0.5, 0.6) is 0 Å². The number of rotatable bonds is 5. The third kappa shape index (κ3) is 2.72. The molecule has 3 atom stereocenters. The molecule has 2 aromatic heterocycles. The number of carbonyl (C=O) groups is 1. The topological polar surface area (TPSA) is 59.3 Å². The minimum Gasteiger partial charge on any atom is -0.356 e. The summed E-state index contributed by atoms with van der Waals surface area (Å²) in [5.41, 5.74) is 0.971. The normalized spacial score (nSPS) is 26.6. The highest BCUT2D eigenvalue weighted by atomic mass is 16.1. The average molecular weight is 298 g/mol. The van der Waals surface area contributed by atoms with Crippen molar-refractivity contribution in [3.05, 3.63) is 30.4 Å². The maximum atomic E-state index is 12.1. The van der Waals surface area contributed by atoms with Crippen LogP contribution in [0.4, 0.5) is 0 Å². The van der Waals surface area contributed by atoms with E-state index in [1.54, 1.807) is 6.20 Å². The number of nitrogens with zero attached hydrogens (tertiary/aromatic N) is 3. The molecule has 2 saturated carbocycles. The summed E-state index contributed by atoms with van der Waals surface area (Å²) in [5, 5.41) is 3.05. The van der Waals surface area contributed by atoms with E-state index in [2.05, 4.69) is 15.3 Å². The first-order chi connectivity index (χ1) is 10.8. The van der Waals surface area contributed by atoms with Crippen molar-refractivity contribution in [3.63, 3.8) is 0 Å². The summed E-state index contributed by atoms with van der Waals surface area (Å²) in [7, 11) is 0. The van der Waals surface area contributed by atoms with Crippen molar-refractivity contribution in [2.24, 2.45) is 17.8 Å². The van der Waals surface area contributed by atoms with Crippen LogP contribution >= 0.6 is 0 Å². The quantitative estimate of drug-likeness (QED) is 0.920. The summed E-state index contributed by atoms with van der Waals surface area (Å²) in [5.74, 6) is 3.29. The minimum atomic E-state index is 0.208. The highest BCUT2D eigenvalue weighted by Crippen LogP contribution is 2.49. The number of hydrogen-bond acceptors (Lipinski definition) is 3. The lowest BCUT2D eigenvalue weighted by molar-refractivity contribution is -0.122. The zero-order valence-corrected chi connectivity index (χ0v) is 12.7. The molecule has 2 bridgehead atoms. The Labute approximate surface area is 130 Å². The lowest BCUT2D eigenvalue weighted by Crippen LogP contribution is -2.29. The molecule has 2 fully saturated rings. The molecule has 116 valence electrons.